The zero-order valence-electron chi connectivity index (χ0n) is 8.66. The standard InChI is InChI=1S/C10H18N2O2/c1-8-2-4-12(6-8)10(13)11-9-3-5-14-7-9/h8-9H,2-7H2,1H3,(H,11,13). The Balaban J connectivity index is 1.77. The van der Waals surface area contributed by atoms with Crippen molar-refractivity contribution in [2.24, 2.45) is 5.92 Å². The number of carbonyl (C=O) groups excluding carboxylic acids is 1. The number of rotatable bonds is 1. The zero-order valence-corrected chi connectivity index (χ0v) is 8.66. The van der Waals surface area contributed by atoms with Crippen molar-refractivity contribution in [1.29, 1.82) is 0 Å². The lowest BCUT2D eigenvalue weighted by Crippen LogP contribution is -2.44. The second-order valence-corrected chi connectivity index (χ2v) is 4.35. The quantitative estimate of drug-likeness (QED) is 0.678. The van der Waals surface area contributed by atoms with Crippen LogP contribution in [0.2, 0.25) is 0 Å². The Kier molecular flexibility index (Phi) is 2.91. The molecule has 0 spiro atoms. The van der Waals surface area contributed by atoms with Gasteiger partial charge in [-0.25, -0.2) is 4.79 Å². The van der Waals surface area contributed by atoms with E-state index in [1.807, 2.05) is 4.90 Å². The van der Waals surface area contributed by atoms with Crippen LogP contribution in [0.25, 0.3) is 0 Å². The van der Waals surface area contributed by atoms with Crippen molar-refractivity contribution in [3.8, 4) is 0 Å². The number of nitrogens with one attached hydrogen (secondary N) is 1. The molecule has 0 aromatic rings. The number of carbonyl (C=O) groups is 1. The van der Waals surface area contributed by atoms with E-state index >= 15 is 0 Å². The molecule has 4 heteroatoms. The van der Waals surface area contributed by atoms with Crippen LogP contribution in [0.4, 0.5) is 4.79 Å². The highest BCUT2D eigenvalue weighted by Crippen LogP contribution is 2.15. The summed E-state index contributed by atoms with van der Waals surface area (Å²) in [5, 5.41) is 3.00. The van der Waals surface area contributed by atoms with Gasteiger partial charge in [0.2, 0.25) is 0 Å². The number of hydrogen-bond acceptors (Lipinski definition) is 2. The summed E-state index contributed by atoms with van der Waals surface area (Å²) < 4.78 is 5.21. The number of likely N-dealkylation sites (tertiary alicyclic amines) is 1. The molecule has 0 bridgehead atoms. The molecule has 2 rings (SSSR count). The van der Waals surface area contributed by atoms with Gasteiger partial charge in [0.1, 0.15) is 0 Å². The van der Waals surface area contributed by atoms with E-state index in [0.29, 0.717) is 12.5 Å². The van der Waals surface area contributed by atoms with Gasteiger partial charge in [-0.05, 0) is 18.8 Å². The minimum atomic E-state index is 0.0878. The lowest BCUT2D eigenvalue weighted by atomic mass is 10.2. The van der Waals surface area contributed by atoms with Crippen LogP contribution in [0.3, 0.4) is 0 Å². The number of nitrogens with zero attached hydrogens (tertiary/aromatic N) is 1. The van der Waals surface area contributed by atoms with Crippen molar-refractivity contribution in [3.05, 3.63) is 0 Å². The van der Waals surface area contributed by atoms with E-state index in [9.17, 15) is 4.79 Å². The Morgan fingerprint density at radius 2 is 2.36 bits per heavy atom. The number of amides is 2. The molecule has 0 aromatic heterocycles. The fourth-order valence-corrected chi connectivity index (χ4v) is 2.03. The van der Waals surface area contributed by atoms with Crippen molar-refractivity contribution in [2.45, 2.75) is 25.8 Å². The molecule has 0 aromatic carbocycles. The van der Waals surface area contributed by atoms with E-state index in [1.165, 1.54) is 0 Å². The average Bonchev–Trinajstić information content (AvgIpc) is 2.75. The maximum Gasteiger partial charge on any atom is 0.317 e. The van der Waals surface area contributed by atoms with Gasteiger partial charge in [-0.1, -0.05) is 6.92 Å². The van der Waals surface area contributed by atoms with E-state index in [1.54, 1.807) is 0 Å². The first-order valence-corrected chi connectivity index (χ1v) is 5.39. The second-order valence-electron chi connectivity index (χ2n) is 4.35. The zero-order chi connectivity index (χ0) is 9.97. The first-order chi connectivity index (χ1) is 6.75. The van der Waals surface area contributed by atoms with Gasteiger partial charge in [-0.2, -0.15) is 0 Å². The van der Waals surface area contributed by atoms with Gasteiger partial charge in [-0.15, -0.1) is 0 Å². The molecular weight excluding hydrogens is 180 g/mol. The van der Waals surface area contributed by atoms with Crippen LogP contribution < -0.4 is 5.32 Å². The molecule has 0 radical (unpaired) electrons. The summed E-state index contributed by atoms with van der Waals surface area (Å²) in [4.78, 5) is 13.6. The summed E-state index contributed by atoms with van der Waals surface area (Å²) in [6.07, 6.45) is 2.09. The van der Waals surface area contributed by atoms with Crippen LogP contribution in [0.1, 0.15) is 19.8 Å². The lowest BCUT2D eigenvalue weighted by Gasteiger charge is -2.19. The van der Waals surface area contributed by atoms with Crippen LogP contribution >= 0.6 is 0 Å². The maximum absolute atomic E-state index is 11.7. The molecule has 0 saturated carbocycles. The Bertz CT molecular complexity index is 214. The third kappa shape index (κ3) is 2.18. The Hall–Kier alpha value is -0.770. The molecule has 2 amide bonds. The molecule has 80 valence electrons. The molecule has 2 aliphatic rings. The van der Waals surface area contributed by atoms with Gasteiger partial charge in [-0.3, -0.25) is 0 Å². The highest BCUT2D eigenvalue weighted by molar-refractivity contribution is 5.74. The summed E-state index contributed by atoms with van der Waals surface area (Å²) in [6, 6.07) is 0.322. The first-order valence-electron chi connectivity index (χ1n) is 5.39. The van der Waals surface area contributed by atoms with E-state index in [0.717, 1.165) is 32.5 Å². The summed E-state index contributed by atoms with van der Waals surface area (Å²) in [5.41, 5.74) is 0. The fraction of sp³-hybridized carbons (Fsp3) is 0.900. The predicted octanol–water partition coefficient (Wildman–Crippen LogP) is 0.827. The number of hydrogen-bond donors (Lipinski definition) is 1. The highest BCUT2D eigenvalue weighted by atomic mass is 16.5. The van der Waals surface area contributed by atoms with Gasteiger partial charge >= 0.3 is 6.03 Å². The Labute approximate surface area is 84.6 Å². The SMILES string of the molecule is CC1CCN(C(=O)NC2CCOC2)C1. The summed E-state index contributed by atoms with van der Waals surface area (Å²) in [5.74, 6) is 0.653. The molecule has 2 heterocycles. The summed E-state index contributed by atoms with van der Waals surface area (Å²) in [7, 11) is 0. The van der Waals surface area contributed by atoms with E-state index < -0.39 is 0 Å². The molecule has 2 unspecified atom stereocenters. The van der Waals surface area contributed by atoms with Crippen LogP contribution in [0, 0.1) is 5.92 Å². The van der Waals surface area contributed by atoms with Gasteiger partial charge in [0.05, 0.1) is 12.6 Å². The number of ether oxygens (including phenoxy) is 1. The third-order valence-corrected chi connectivity index (χ3v) is 2.97. The molecule has 4 nitrogen and oxygen atoms in total. The average molecular weight is 198 g/mol. The number of urea groups is 1. The Morgan fingerprint density at radius 1 is 1.50 bits per heavy atom. The highest BCUT2D eigenvalue weighted by Gasteiger charge is 2.25. The van der Waals surface area contributed by atoms with Crippen LogP contribution in [0.5, 0.6) is 0 Å². The van der Waals surface area contributed by atoms with Crippen LogP contribution in [-0.2, 0) is 4.74 Å². The summed E-state index contributed by atoms with van der Waals surface area (Å²) in [6.45, 7) is 5.45. The molecule has 0 aliphatic carbocycles. The Morgan fingerprint density at radius 3 is 2.93 bits per heavy atom. The fourth-order valence-electron chi connectivity index (χ4n) is 2.03. The largest absolute Gasteiger partial charge is 0.379 e. The van der Waals surface area contributed by atoms with Gasteiger partial charge in [0.15, 0.2) is 0 Å². The van der Waals surface area contributed by atoms with Crippen molar-refractivity contribution >= 4 is 6.03 Å². The molecule has 2 aliphatic heterocycles. The van der Waals surface area contributed by atoms with Crippen molar-refractivity contribution in [2.75, 3.05) is 26.3 Å². The van der Waals surface area contributed by atoms with Crippen LogP contribution in [0.15, 0.2) is 0 Å². The van der Waals surface area contributed by atoms with Gasteiger partial charge < -0.3 is 15.0 Å². The van der Waals surface area contributed by atoms with E-state index in [-0.39, 0.29) is 12.1 Å². The minimum Gasteiger partial charge on any atom is -0.379 e. The molecule has 2 fully saturated rings. The monoisotopic (exact) mass is 198 g/mol. The van der Waals surface area contributed by atoms with Crippen molar-refractivity contribution in [3.63, 3.8) is 0 Å². The van der Waals surface area contributed by atoms with Crippen molar-refractivity contribution < 1.29 is 9.53 Å². The topological polar surface area (TPSA) is 41.6 Å². The molecule has 2 saturated heterocycles. The molecule has 2 atom stereocenters. The van der Waals surface area contributed by atoms with Crippen LogP contribution in [-0.4, -0.2) is 43.3 Å². The van der Waals surface area contributed by atoms with Crippen molar-refractivity contribution in [1.82, 2.24) is 10.2 Å². The lowest BCUT2D eigenvalue weighted by molar-refractivity contribution is 0.181. The first kappa shape index (κ1) is 9.77. The summed E-state index contributed by atoms with van der Waals surface area (Å²) >= 11 is 0. The second kappa shape index (κ2) is 4.17. The minimum absolute atomic E-state index is 0.0878. The third-order valence-electron chi connectivity index (χ3n) is 2.97. The molecular formula is C10H18N2O2. The van der Waals surface area contributed by atoms with E-state index in [2.05, 4.69) is 12.2 Å². The van der Waals surface area contributed by atoms with Gasteiger partial charge in [0, 0.05) is 19.7 Å². The smallest absolute Gasteiger partial charge is 0.317 e. The van der Waals surface area contributed by atoms with E-state index in [4.69, 9.17) is 4.74 Å². The normalized spacial score (nSPS) is 32.2. The molecule has 14 heavy (non-hydrogen) atoms. The van der Waals surface area contributed by atoms with Gasteiger partial charge in [0.25, 0.3) is 0 Å². The molecule has 1 N–H and O–H groups in total. The predicted molar refractivity (Wildman–Crippen MR) is 53.1 cm³/mol. The maximum atomic E-state index is 11.7.